The lowest BCUT2D eigenvalue weighted by Gasteiger charge is -2.06. The van der Waals surface area contributed by atoms with Crippen molar-refractivity contribution in [1.29, 1.82) is 0 Å². The Labute approximate surface area is 162 Å². The fourth-order valence-corrected chi connectivity index (χ4v) is 5.38. The molecular formula is C18H17N3O2S3. The highest BCUT2D eigenvalue weighted by molar-refractivity contribution is 7.98. The summed E-state index contributed by atoms with van der Waals surface area (Å²) in [5.41, 5.74) is 1.92. The summed E-state index contributed by atoms with van der Waals surface area (Å²) >= 11 is 4.68. The third-order valence-corrected chi connectivity index (χ3v) is 7.33. The topological polar surface area (TPSA) is 60.9 Å². The minimum Gasteiger partial charge on any atom is -0.440 e. The van der Waals surface area contributed by atoms with Gasteiger partial charge in [-0.25, -0.2) is 9.97 Å². The number of rotatable bonds is 4. The summed E-state index contributed by atoms with van der Waals surface area (Å²) in [5.74, 6) is 2.06. The zero-order valence-corrected chi connectivity index (χ0v) is 17.3. The molecule has 0 radical (unpaired) electrons. The maximum absolute atomic E-state index is 12.7. The van der Waals surface area contributed by atoms with E-state index < -0.39 is 0 Å². The van der Waals surface area contributed by atoms with Gasteiger partial charge in [-0.3, -0.25) is 9.36 Å². The van der Waals surface area contributed by atoms with Crippen LogP contribution >= 0.6 is 34.4 Å². The zero-order valence-electron chi connectivity index (χ0n) is 14.8. The Morgan fingerprint density at radius 3 is 2.81 bits per heavy atom. The molecule has 4 aromatic rings. The first-order chi connectivity index (χ1) is 12.5. The zero-order chi connectivity index (χ0) is 18.4. The molecule has 0 spiro atoms. The molecule has 0 fully saturated rings. The van der Waals surface area contributed by atoms with Crippen molar-refractivity contribution < 1.29 is 4.42 Å². The number of hydrogen-bond donors (Lipinski definition) is 0. The van der Waals surface area contributed by atoms with Crippen LogP contribution in [0.5, 0.6) is 0 Å². The fourth-order valence-electron chi connectivity index (χ4n) is 2.69. The average molecular weight is 404 g/mol. The quantitative estimate of drug-likeness (QED) is 0.357. The Morgan fingerprint density at radius 2 is 2.08 bits per heavy atom. The van der Waals surface area contributed by atoms with E-state index in [2.05, 4.69) is 4.98 Å². The van der Waals surface area contributed by atoms with Crippen LogP contribution in [0.15, 0.2) is 31.9 Å². The normalized spacial score (nSPS) is 11.5. The lowest BCUT2D eigenvalue weighted by Crippen LogP contribution is -2.19. The number of thiophene rings is 2. The Hall–Kier alpha value is -1.90. The van der Waals surface area contributed by atoms with Crippen molar-refractivity contribution in [3.63, 3.8) is 0 Å². The highest BCUT2D eigenvalue weighted by atomic mass is 32.2. The first kappa shape index (κ1) is 17.5. The van der Waals surface area contributed by atoms with E-state index in [1.165, 1.54) is 11.8 Å². The van der Waals surface area contributed by atoms with Gasteiger partial charge in [0, 0.05) is 17.7 Å². The van der Waals surface area contributed by atoms with Gasteiger partial charge in [-0.05, 0) is 37.8 Å². The van der Waals surface area contributed by atoms with Crippen molar-refractivity contribution in [2.75, 3.05) is 0 Å². The molecule has 0 bridgehead atoms. The van der Waals surface area contributed by atoms with Crippen LogP contribution in [0.3, 0.4) is 0 Å². The van der Waals surface area contributed by atoms with Crippen LogP contribution in [0.2, 0.25) is 0 Å². The second kappa shape index (κ2) is 6.68. The van der Waals surface area contributed by atoms with Crippen molar-refractivity contribution in [2.45, 2.75) is 31.7 Å². The van der Waals surface area contributed by atoms with Crippen LogP contribution < -0.4 is 5.56 Å². The first-order valence-corrected chi connectivity index (χ1v) is 10.7. The molecule has 0 N–H and O–H groups in total. The van der Waals surface area contributed by atoms with E-state index in [0.717, 1.165) is 37.0 Å². The molecule has 0 saturated heterocycles. The number of thioether (sulfide) groups is 1. The molecule has 0 aliphatic carbocycles. The highest BCUT2D eigenvalue weighted by Gasteiger charge is 2.17. The van der Waals surface area contributed by atoms with Gasteiger partial charge in [-0.1, -0.05) is 17.8 Å². The number of oxazole rings is 1. The molecule has 0 aromatic carbocycles. The first-order valence-electron chi connectivity index (χ1n) is 8.05. The summed E-state index contributed by atoms with van der Waals surface area (Å²) in [7, 11) is 1.77. The minimum absolute atomic E-state index is 0.00972. The largest absolute Gasteiger partial charge is 0.440 e. The van der Waals surface area contributed by atoms with Crippen LogP contribution in [-0.4, -0.2) is 14.5 Å². The van der Waals surface area contributed by atoms with E-state index in [1.54, 1.807) is 34.3 Å². The molecule has 0 saturated carbocycles. The lowest BCUT2D eigenvalue weighted by atomic mass is 10.2. The summed E-state index contributed by atoms with van der Waals surface area (Å²) in [6.45, 7) is 5.93. The standard InChI is InChI=1S/C18H17N3O2S3/c1-9-11(3)26-16-14(9)17(22)21(4)18(20-16)25-8-12-10(2)23-15(19-12)13-6-5-7-24-13/h5-7H,8H2,1-4H3. The molecule has 4 heterocycles. The Kier molecular flexibility index (Phi) is 4.50. The van der Waals surface area contributed by atoms with E-state index in [-0.39, 0.29) is 5.56 Å². The molecule has 0 amide bonds. The molecule has 134 valence electrons. The van der Waals surface area contributed by atoms with E-state index in [9.17, 15) is 4.79 Å². The van der Waals surface area contributed by atoms with E-state index >= 15 is 0 Å². The van der Waals surface area contributed by atoms with Gasteiger partial charge in [0.05, 0.1) is 16.0 Å². The van der Waals surface area contributed by atoms with E-state index in [0.29, 0.717) is 16.8 Å². The van der Waals surface area contributed by atoms with E-state index in [4.69, 9.17) is 9.40 Å². The van der Waals surface area contributed by atoms with Gasteiger partial charge in [0.25, 0.3) is 5.56 Å². The third-order valence-electron chi connectivity index (χ3n) is 4.33. The molecule has 0 aliphatic heterocycles. The number of nitrogens with zero attached hydrogens (tertiary/aromatic N) is 3. The van der Waals surface area contributed by atoms with Crippen LogP contribution in [0.1, 0.15) is 21.9 Å². The second-order valence-electron chi connectivity index (χ2n) is 6.01. The molecular weight excluding hydrogens is 386 g/mol. The Bertz CT molecular complexity index is 1150. The predicted octanol–water partition coefficient (Wildman–Crippen LogP) is 4.93. The van der Waals surface area contributed by atoms with Crippen molar-refractivity contribution in [2.24, 2.45) is 7.05 Å². The summed E-state index contributed by atoms with van der Waals surface area (Å²) in [5, 5.41) is 3.43. The average Bonchev–Trinajstić information content (AvgIpc) is 3.31. The highest BCUT2D eigenvalue weighted by Crippen LogP contribution is 2.31. The number of aromatic nitrogens is 3. The van der Waals surface area contributed by atoms with Crippen LogP contribution in [0.4, 0.5) is 0 Å². The molecule has 0 unspecified atom stereocenters. The molecule has 8 heteroatoms. The molecule has 4 aromatic heterocycles. The SMILES string of the molecule is Cc1oc(-c2cccs2)nc1CSc1nc2sc(C)c(C)c2c(=O)n1C. The second-order valence-corrected chi connectivity index (χ2v) is 9.10. The number of hydrogen-bond acceptors (Lipinski definition) is 7. The fraction of sp³-hybridized carbons (Fsp3) is 0.278. The summed E-state index contributed by atoms with van der Waals surface area (Å²) < 4.78 is 7.42. The predicted molar refractivity (Wildman–Crippen MR) is 108 cm³/mol. The number of fused-ring (bicyclic) bond motifs is 1. The van der Waals surface area contributed by atoms with Gasteiger partial charge in [0.2, 0.25) is 5.89 Å². The van der Waals surface area contributed by atoms with Crippen molar-refractivity contribution >= 4 is 44.7 Å². The van der Waals surface area contributed by atoms with Crippen LogP contribution in [0.25, 0.3) is 21.0 Å². The third kappa shape index (κ3) is 2.91. The maximum atomic E-state index is 12.7. The Morgan fingerprint density at radius 1 is 1.27 bits per heavy atom. The molecule has 4 rings (SSSR count). The van der Waals surface area contributed by atoms with Gasteiger partial charge < -0.3 is 4.42 Å². The minimum atomic E-state index is 0.00972. The lowest BCUT2D eigenvalue weighted by molar-refractivity contribution is 0.542. The number of aryl methyl sites for hydroxylation is 3. The molecule has 0 atom stereocenters. The Balaban J connectivity index is 1.65. The van der Waals surface area contributed by atoms with Gasteiger partial charge in [-0.15, -0.1) is 22.7 Å². The smallest absolute Gasteiger partial charge is 0.262 e. The summed E-state index contributed by atoms with van der Waals surface area (Å²) in [4.78, 5) is 25.0. The van der Waals surface area contributed by atoms with Crippen molar-refractivity contribution in [3.8, 4) is 10.8 Å². The van der Waals surface area contributed by atoms with Gasteiger partial charge in [-0.2, -0.15) is 0 Å². The van der Waals surface area contributed by atoms with Gasteiger partial charge >= 0.3 is 0 Å². The van der Waals surface area contributed by atoms with Crippen molar-refractivity contribution in [3.05, 3.63) is 49.8 Å². The monoisotopic (exact) mass is 403 g/mol. The molecule has 0 aliphatic rings. The van der Waals surface area contributed by atoms with E-state index in [1.807, 2.05) is 38.3 Å². The summed E-state index contributed by atoms with van der Waals surface area (Å²) in [6.07, 6.45) is 0. The molecule has 26 heavy (non-hydrogen) atoms. The van der Waals surface area contributed by atoms with Crippen molar-refractivity contribution in [1.82, 2.24) is 14.5 Å². The maximum Gasteiger partial charge on any atom is 0.262 e. The van der Waals surface area contributed by atoms with Crippen LogP contribution in [-0.2, 0) is 12.8 Å². The molecule has 5 nitrogen and oxygen atoms in total. The summed E-state index contributed by atoms with van der Waals surface area (Å²) in [6, 6.07) is 3.97. The van der Waals surface area contributed by atoms with Gasteiger partial charge in [0.1, 0.15) is 10.6 Å². The van der Waals surface area contributed by atoms with Gasteiger partial charge in [0.15, 0.2) is 5.16 Å². The van der Waals surface area contributed by atoms with Crippen LogP contribution in [0, 0.1) is 20.8 Å².